The van der Waals surface area contributed by atoms with Crippen LogP contribution < -0.4 is 5.32 Å². The van der Waals surface area contributed by atoms with Gasteiger partial charge in [-0.2, -0.15) is 5.10 Å². The number of aryl methyl sites for hydroxylation is 1. The van der Waals surface area contributed by atoms with Crippen molar-refractivity contribution in [2.45, 2.75) is 50.6 Å². The molecule has 1 atom stereocenters. The Morgan fingerprint density at radius 2 is 2.05 bits per heavy atom. The normalized spacial score (nSPS) is 18.2. The second-order valence-corrected chi connectivity index (χ2v) is 6.13. The van der Waals surface area contributed by atoms with E-state index in [2.05, 4.69) is 60.9 Å². The Morgan fingerprint density at radius 1 is 1.29 bits per heavy atom. The first-order valence-corrected chi connectivity index (χ1v) is 8.02. The summed E-state index contributed by atoms with van der Waals surface area (Å²) >= 11 is 0. The van der Waals surface area contributed by atoms with Crippen molar-refractivity contribution in [1.29, 1.82) is 0 Å². The Labute approximate surface area is 127 Å². The van der Waals surface area contributed by atoms with Crippen LogP contribution in [0.3, 0.4) is 0 Å². The Bertz CT molecular complexity index is 569. The number of likely N-dealkylation sites (N-methyl/N-ethyl adjacent to an activating group) is 1. The zero-order chi connectivity index (χ0) is 14.7. The Balaban J connectivity index is 1.84. The van der Waals surface area contributed by atoms with Crippen LogP contribution in [0.25, 0.3) is 0 Å². The first-order chi connectivity index (χ1) is 10.3. The fraction of sp³-hybridized carbons (Fsp3) is 0.500. The molecule has 0 spiro atoms. The minimum atomic E-state index is 0.296. The molecule has 1 unspecified atom stereocenters. The minimum absolute atomic E-state index is 0.296. The van der Waals surface area contributed by atoms with E-state index >= 15 is 0 Å². The molecule has 0 saturated heterocycles. The van der Waals surface area contributed by atoms with E-state index in [0.717, 1.165) is 13.0 Å². The highest BCUT2D eigenvalue weighted by Crippen LogP contribution is 2.47. The fourth-order valence-corrected chi connectivity index (χ4v) is 3.66. The number of aromatic nitrogens is 2. The summed E-state index contributed by atoms with van der Waals surface area (Å²) in [6, 6.07) is 11.5. The summed E-state index contributed by atoms with van der Waals surface area (Å²) in [5, 5.41) is 7.99. The summed E-state index contributed by atoms with van der Waals surface area (Å²) in [5.74, 6) is 0. The van der Waals surface area contributed by atoms with Gasteiger partial charge in [-0.3, -0.25) is 4.68 Å². The zero-order valence-electron chi connectivity index (χ0n) is 13.0. The lowest BCUT2D eigenvalue weighted by molar-refractivity contribution is 0.174. The maximum absolute atomic E-state index is 4.41. The predicted molar refractivity (Wildman–Crippen MR) is 86.4 cm³/mol. The molecule has 3 nitrogen and oxygen atoms in total. The van der Waals surface area contributed by atoms with E-state index in [9.17, 15) is 0 Å². The summed E-state index contributed by atoms with van der Waals surface area (Å²) in [7, 11) is 2.10. The quantitative estimate of drug-likeness (QED) is 0.882. The van der Waals surface area contributed by atoms with Gasteiger partial charge in [0.15, 0.2) is 0 Å². The summed E-state index contributed by atoms with van der Waals surface area (Å²) in [5.41, 5.74) is 3.11. The second kappa shape index (κ2) is 6.02. The van der Waals surface area contributed by atoms with E-state index in [4.69, 9.17) is 0 Å². The average molecular weight is 283 g/mol. The molecular formula is C18H25N3. The third-order valence-electron chi connectivity index (χ3n) is 5.06. The molecule has 0 amide bonds. The molecule has 2 aromatic rings. The van der Waals surface area contributed by atoms with E-state index in [1.807, 2.05) is 10.9 Å². The highest BCUT2D eigenvalue weighted by molar-refractivity contribution is 5.31. The largest absolute Gasteiger partial charge is 0.316 e. The lowest BCUT2D eigenvalue weighted by Gasteiger charge is -2.48. The van der Waals surface area contributed by atoms with Crippen molar-refractivity contribution in [3.63, 3.8) is 0 Å². The molecule has 1 N–H and O–H groups in total. The molecule has 1 aliphatic carbocycles. The highest BCUT2D eigenvalue weighted by atomic mass is 15.3. The Morgan fingerprint density at radius 3 is 2.57 bits per heavy atom. The molecule has 0 bridgehead atoms. The van der Waals surface area contributed by atoms with Gasteiger partial charge in [0.2, 0.25) is 0 Å². The van der Waals surface area contributed by atoms with Gasteiger partial charge in [0.1, 0.15) is 0 Å². The van der Waals surface area contributed by atoms with Crippen LogP contribution in [0.15, 0.2) is 42.7 Å². The first kappa shape index (κ1) is 14.3. The van der Waals surface area contributed by atoms with Crippen molar-refractivity contribution in [3.05, 3.63) is 53.9 Å². The van der Waals surface area contributed by atoms with Gasteiger partial charge in [-0.15, -0.1) is 0 Å². The molecule has 0 radical (unpaired) electrons. The van der Waals surface area contributed by atoms with Crippen molar-refractivity contribution >= 4 is 0 Å². The number of rotatable bonds is 6. The molecule has 3 rings (SSSR count). The zero-order valence-corrected chi connectivity index (χ0v) is 13.0. The SMILES string of the molecule is CCn1cc(CC(NC)C2(c3ccccc3)CCC2)cn1. The summed E-state index contributed by atoms with van der Waals surface area (Å²) < 4.78 is 2.01. The smallest absolute Gasteiger partial charge is 0.0522 e. The van der Waals surface area contributed by atoms with Crippen LogP contribution in [0.1, 0.15) is 37.3 Å². The fourth-order valence-electron chi connectivity index (χ4n) is 3.66. The maximum Gasteiger partial charge on any atom is 0.0522 e. The molecule has 1 aromatic heterocycles. The molecule has 1 fully saturated rings. The molecule has 1 aliphatic rings. The number of benzene rings is 1. The molecule has 1 saturated carbocycles. The molecule has 0 aliphatic heterocycles. The van der Waals surface area contributed by atoms with Crippen molar-refractivity contribution in [2.24, 2.45) is 0 Å². The first-order valence-electron chi connectivity index (χ1n) is 8.02. The van der Waals surface area contributed by atoms with E-state index in [0.29, 0.717) is 11.5 Å². The second-order valence-electron chi connectivity index (χ2n) is 6.13. The lowest BCUT2D eigenvalue weighted by atomic mass is 9.59. The third-order valence-corrected chi connectivity index (χ3v) is 5.06. The van der Waals surface area contributed by atoms with Crippen LogP contribution in [0, 0.1) is 0 Å². The van der Waals surface area contributed by atoms with Gasteiger partial charge in [0.25, 0.3) is 0 Å². The lowest BCUT2D eigenvalue weighted by Crippen LogP contribution is -2.52. The van der Waals surface area contributed by atoms with E-state index < -0.39 is 0 Å². The maximum atomic E-state index is 4.41. The minimum Gasteiger partial charge on any atom is -0.316 e. The molecule has 21 heavy (non-hydrogen) atoms. The number of hydrogen-bond acceptors (Lipinski definition) is 2. The summed E-state index contributed by atoms with van der Waals surface area (Å²) in [6.07, 6.45) is 9.15. The van der Waals surface area contributed by atoms with Crippen molar-refractivity contribution in [1.82, 2.24) is 15.1 Å². The molecule has 112 valence electrons. The molecular weight excluding hydrogens is 258 g/mol. The van der Waals surface area contributed by atoms with Gasteiger partial charge in [0, 0.05) is 24.2 Å². The molecule has 1 aromatic carbocycles. The van der Waals surface area contributed by atoms with Crippen molar-refractivity contribution in [3.8, 4) is 0 Å². The van der Waals surface area contributed by atoms with Crippen LogP contribution in [0.2, 0.25) is 0 Å². The van der Waals surface area contributed by atoms with Crippen LogP contribution in [0.4, 0.5) is 0 Å². The standard InChI is InChI=1S/C18H25N3/c1-3-21-14-15(13-20-21)12-17(19-2)18(10-7-11-18)16-8-5-4-6-9-16/h4-6,8-9,13-14,17,19H,3,7,10-12H2,1-2H3. The topological polar surface area (TPSA) is 29.9 Å². The van der Waals surface area contributed by atoms with Gasteiger partial charge < -0.3 is 5.32 Å². The molecule has 3 heteroatoms. The van der Waals surface area contributed by atoms with Gasteiger partial charge in [-0.05, 0) is 44.4 Å². The van der Waals surface area contributed by atoms with Crippen LogP contribution in [-0.2, 0) is 18.4 Å². The van der Waals surface area contributed by atoms with Gasteiger partial charge in [-0.25, -0.2) is 0 Å². The van der Waals surface area contributed by atoms with Crippen LogP contribution in [0.5, 0.6) is 0 Å². The summed E-state index contributed by atoms with van der Waals surface area (Å²) in [6.45, 7) is 3.07. The third kappa shape index (κ3) is 2.62. The average Bonchev–Trinajstić information content (AvgIpc) is 2.94. The van der Waals surface area contributed by atoms with Crippen molar-refractivity contribution < 1.29 is 0 Å². The van der Waals surface area contributed by atoms with E-state index in [1.54, 1.807) is 0 Å². The van der Waals surface area contributed by atoms with Crippen molar-refractivity contribution in [2.75, 3.05) is 7.05 Å². The monoisotopic (exact) mass is 283 g/mol. The van der Waals surface area contributed by atoms with Gasteiger partial charge in [0.05, 0.1) is 6.20 Å². The Kier molecular flexibility index (Phi) is 4.11. The Hall–Kier alpha value is -1.61. The van der Waals surface area contributed by atoms with E-state index in [1.165, 1.54) is 30.4 Å². The summed E-state index contributed by atoms with van der Waals surface area (Å²) in [4.78, 5) is 0. The predicted octanol–water partition coefficient (Wildman–Crippen LogP) is 3.16. The van der Waals surface area contributed by atoms with Gasteiger partial charge in [-0.1, -0.05) is 36.8 Å². The molecule has 1 heterocycles. The van der Waals surface area contributed by atoms with Crippen LogP contribution >= 0.6 is 0 Å². The number of nitrogens with zero attached hydrogens (tertiary/aromatic N) is 2. The number of hydrogen-bond donors (Lipinski definition) is 1. The van der Waals surface area contributed by atoms with E-state index in [-0.39, 0.29) is 0 Å². The highest BCUT2D eigenvalue weighted by Gasteiger charge is 2.44. The number of nitrogens with one attached hydrogen (secondary N) is 1. The van der Waals surface area contributed by atoms with Gasteiger partial charge >= 0.3 is 0 Å². The van der Waals surface area contributed by atoms with Crippen LogP contribution in [-0.4, -0.2) is 22.9 Å².